The highest BCUT2D eigenvalue weighted by Crippen LogP contribution is 2.30. The lowest BCUT2D eigenvalue weighted by Crippen LogP contribution is -2.44. The molecule has 1 aromatic heterocycles. The first kappa shape index (κ1) is 24.7. The van der Waals surface area contributed by atoms with Crippen LogP contribution in [0, 0.1) is 19.8 Å². The molecule has 0 spiro atoms. The van der Waals surface area contributed by atoms with E-state index in [0.717, 1.165) is 29.5 Å². The highest BCUT2D eigenvalue weighted by molar-refractivity contribution is 7.92. The summed E-state index contributed by atoms with van der Waals surface area (Å²) in [4.78, 5) is 21.8. The first-order valence-corrected chi connectivity index (χ1v) is 13.2. The Labute approximate surface area is 206 Å². The summed E-state index contributed by atoms with van der Waals surface area (Å²) >= 11 is 0. The molecule has 1 atom stereocenters. The van der Waals surface area contributed by atoms with E-state index in [9.17, 15) is 13.2 Å². The third kappa shape index (κ3) is 5.30. The predicted molar refractivity (Wildman–Crippen MR) is 135 cm³/mol. The first-order chi connectivity index (χ1) is 16.7. The van der Waals surface area contributed by atoms with Gasteiger partial charge in [0.2, 0.25) is 11.8 Å². The van der Waals surface area contributed by atoms with Gasteiger partial charge in [-0.15, -0.1) is 0 Å². The van der Waals surface area contributed by atoms with Gasteiger partial charge in [-0.1, -0.05) is 51.0 Å². The highest BCUT2D eigenvalue weighted by atomic mass is 32.2. The van der Waals surface area contributed by atoms with E-state index in [4.69, 9.17) is 4.74 Å². The number of aromatic nitrogens is 2. The number of carbonyl (C=O) groups is 1. The van der Waals surface area contributed by atoms with Crippen molar-refractivity contribution in [3.8, 4) is 17.1 Å². The molecule has 2 heterocycles. The van der Waals surface area contributed by atoms with Crippen LogP contribution in [0.25, 0.3) is 11.3 Å². The Bertz CT molecular complexity index is 1330. The number of hydrogen-bond donors (Lipinski definition) is 2. The van der Waals surface area contributed by atoms with Crippen molar-refractivity contribution in [2.24, 2.45) is 5.92 Å². The number of fused-ring (bicyclic) bond motifs is 4. The summed E-state index contributed by atoms with van der Waals surface area (Å²) in [7, 11) is -4.05. The van der Waals surface area contributed by atoms with Crippen LogP contribution in [0.1, 0.15) is 48.2 Å². The summed E-state index contributed by atoms with van der Waals surface area (Å²) in [5.41, 5.74) is 3.69. The maximum absolute atomic E-state index is 13.2. The number of benzene rings is 2. The summed E-state index contributed by atoms with van der Waals surface area (Å²) in [6, 6.07) is 13.3. The largest absolute Gasteiger partial charge is 0.475 e. The minimum atomic E-state index is -4.05. The van der Waals surface area contributed by atoms with Crippen molar-refractivity contribution < 1.29 is 17.9 Å². The Hall–Kier alpha value is -3.46. The van der Waals surface area contributed by atoms with Crippen molar-refractivity contribution >= 4 is 21.9 Å². The third-order valence-corrected chi connectivity index (χ3v) is 7.74. The van der Waals surface area contributed by atoms with Crippen molar-refractivity contribution in [2.45, 2.75) is 51.5 Å². The lowest BCUT2D eigenvalue weighted by molar-refractivity contribution is 0.0891. The van der Waals surface area contributed by atoms with E-state index in [0.29, 0.717) is 5.69 Å². The molecule has 1 aliphatic rings. The van der Waals surface area contributed by atoms with Gasteiger partial charge in [0.05, 0.1) is 16.6 Å². The van der Waals surface area contributed by atoms with E-state index in [2.05, 4.69) is 33.9 Å². The number of amides is 1. The van der Waals surface area contributed by atoms with Crippen LogP contribution in [0.15, 0.2) is 53.4 Å². The SMILES string of the molecule is CCC(CC)[C@@H]1COc2cc(-c3c(C)cccc3C)nc(n2)NS(=O)(=O)c2cccc(c2)C(=O)N1. The van der Waals surface area contributed by atoms with Crippen molar-refractivity contribution in [3.05, 3.63) is 65.2 Å². The molecule has 0 radical (unpaired) electrons. The number of ether oxygens (including phenoxy) is 1. The van der Waals surface area contributed by atoms with Gasteiger partial charge < -0.3 is 10.1 Å². The maximum atomic E-state index is 13.2. The maximum Gasteiger partial charge on any atom is 0.264 e. The van der Waals surface area contributed by atoms with Crippen LogP contribution >= 0.6 is 0 Å². The summed E-state index contributed by atoms with van der Waals surface area (Å²) in [5.74, 6) is -0.0426. The average molecular weight is 495 g/mol. The molecule has 1 amide bonds. The Morgan fingerprint density at radius 3 is 2.40 bits per heavy atom. The van der Waals surface area contributed by atoms with E-state index >= 15 is 0 Å². The smallest absolute Gasteiger partial charge is 0.264 e. The second-order valence-electron chi connectivity index (χ2n) is 8.78. The van der Waals surface area contributed by atoms with Gasteiger partial charge in [0.1, 0.15) is 6.61 Å². The molecule has 3 aromatic rings. The number of nitrogens with zero attached hydrogens (tertiary/aromatic N) is 2. The molecule has 0 saturated carbocycles. The van der Waals surface area contributed by atoms with Gasteiger partial charge in [-0.05, 0) is 49.1 Å². The van der Waals surface area contributed by atoms with E-state index in [1.165, 1.54) is 12.1 Å². The number of rotatable bonds is 4. The molecule has 2 N–H and O–H groups in total. The van der Waals surface area contributed by atoms with Crippen LogP contribution in [0.3, 0.4) is 0 Å². The predicted octanol–water partition coefficient (Wildman–Crippen LogP) is 4.49. The molecule has 2 aromatic carbocycles. The molecule has 9 heteroatoms. The fourth-order valence-corrected chi connectivity index (χ4v) is 5.44. The molecule has 35 heavy (non-hydrogen) atoms. The Morgan fingerprint density at radius 2 is 1.71 bits per heavy atom. The molecule has 0 saturated heterocycles. The molecule has 1 aliphatic heterocycles. The summed E-state index contributed by atoms with van der Waals surface area (Å²) in [6.07, 6.45) is 1.70. The monoisotopic (exact) mass is 494 g/mol. The summed E-state index contributed by atoms with van der Waals surface area (Å²) in [5, 5.41) is 3.04. The fourth-order valence-electron chi connectivity index (χ4n) is 4.45. The fraction of sp³-hybridized carbons (Fsp3) is 0.346. The minimum Gasteiger partial charge on any atom is -0.475 e. The normalized spacial score (nSPS) is 17.3. The van der Waals surface area contributed by atoms with Gasteiger partial charge in [0, 0.05) is 17.2 Å². The summed E-state index contributed by atoms with van der Waals surface area (Å²) in [6.45, 7) is 8.27. The lowest BCUT2D eigenvalue weighted by Gasteiger charge is -2.26. The van der Waals surface area contributed by atoms with Gasteiger partial charge in [-0.25, -0.2) is 18.1 Å². The third-order valence-electron chi connectivity index (χ3n) is 6.42. The topological polar surface area (TPSA) is 110 Å². The van der Waals surface area contributed by atoms with Crippen molar-refractivity contribution in [1.29, 1.82) is 0 Å². The van der Waals surface area contributed by atoms with E-state index < -0.39 is 10.0 Å². The van der Waals surface area contributed by atoms with Gasteiger partial charge in [0.25, 0.3) is 15.9 Å². The zero-order chi connectivity index (χ0) is 25.2. The van der Waals surface area contributed by atoms with E-state index in [-0.39, 0.29) is 46.8 Å². The molecule has 0 unspecified atom stereocenters. The quantitative estimate of drug-likeness (QED) is 0.553. The minimum absolute atomic E-state index is 0.0491. The molecule has 0 aliphatic carbocycles. The molecule has 8 nitrogen and oxygen atoms in total. The van der Waals surface area contributed by atoms with Gasteiger partial charge in [-0.2, -0.15) is 4.98 Å². The number of nitrogens with one attached hydrogen (secondary N) is 2. The molecule has 4 bridgehead atoms. The number of carbonyl (C=O) groups excluding carboxylic acids is 1. The number of sulfonamides is 1. The van der Waals surface area contributed by atoms with Crippen LogP contribution in [-0.2, 0) is 10.0 Å². The molecule has 4 rings (SSSR count). The van der Waals surface area contributed by atoms with Gasteiger partial charge >= 0.3 is 0 Å². The highest BCUT2D eigenvalue weighted by Gasteiger charge is 2.25. The Morgan fingerprint density at radius 1 is 1.03 bits per heavy atom. The van der Waals surface area contributed by atoms with Crippen molar-refractivity contribution in [1.82, 2.24) is 15.3 Å². The number of aryl methyl sites for hydroxylation is 2. The number of anilines is 1. The van der Waals surface area contributed by atoms with Crippen molar-refractivity contribution in [3.63, 3.8) is 0 Å². The Balaban J connectivity index is 1.87. The second-order valence-corrected chi connectivity index (χ2v) is 10.5. The van der Waals surface area contributed by atoms with Crippen LogP contribution in [-0.4, -0.2) is 36.9 Å². The summed E-state index contributed by atoms with van der Waals surface area (Å²) < 4.78 is 34.9. The lowest BCUT2D eigenvalue weighted by atomic mass is 9.94. The molecule has 184 valence electrons. The van der Waals surface area contributed by atoms with E-state index in [1.807, 2.05) is 32.0 Å². The second kappa shape index (κ2) is 10.0. The Kier molecular flexibility index (Phi) is 7.07. The molecule has 0 fully saturated rings. The van der Waals surface area contributed by atoms with Crippen LogP contribution in [0.4, 0.5) is 5.95 Å². The molecular formula is C26H30N4O4S. The number of hydrogen-bond acceptors (Lipinski definition) is 6. The van der Waals surface area contributed by atoms with Gasteiger partial charge in [0.15, 0.2) is 0 Å². The van der Waals surface area contributed by atoms with Crippen LogP contribution in [0.2, 0.25) is 0 Å². The van der Waals surface area contributed by atoms with Crippen LogP contribution < -0.4 is 14.8 Å². The van der Waals surface area contributed by atoms with Crippen molar-refractivity contribution in [2.75, 3.05) is 11.3 Å². The first-order valence-electron chi connectivity index (χ1n) is 11.7. The average Bonchev–Trinajstić information content (AvgIpc) is 2.82. The van der Waals surface area contributed by atoms with Gasteiger partial charge in [-0.3, -0.25) is 4.79 Å². The standard InChI is InChI=1S/C26H30N4O4S/c1-5-18(6-2)22-15-34-23-14-21(24-16(3)9-7-10-17(24)4)28-26(29-23)30-35(32,33)20-12-8-11-19(13-20)25(31)27-22/h7-14,18,22H,5-6,15H2,1-4H3,(H,27,31)(H,28,29,30)/t22-/m0/s1. The zero-order valence-electron chi connectivity index (χ0n) is 20.3. The van der Waals surface area contributed by atoms with E-state index in [1.54, 1.807) is 18.2 Å². The zero-order valence-corrected chi connectivity index (χ0v) is 21.1. The van der Waals surface area contributed by atoms with Crippen LogP contribution in [0.5, 0.6) is 5.88 Å². The molecular weight excluding hydrogens is 464 g/mol.